The van der Waals surface area contributed by atoms with Crippen molar-refractivity contribution in [2.45, 2.75) is 25.8 Å². The van der Waals surface area contributed by atoms with Crippen molar-refractivity contribution in [3.63, 3.8) is 0 Å². The van der Waals surface area contributed by atoms with Crippen molar-refractivity contribution in [2.75, 3.05) is 0 Å². The molecule has 0 rings (SSSR count). The Bertz CT molecular complexity index is 235. The van der Waals surface area contributed by atoms with Crippen LogP contribution >= 0.6 is 0 Å². The van der Waals surface area contributed by atoms with Crippen LogP contribution in [-0.4, -0.2) is 34.1 Å². The number of hydrogen-bond acceptors (Lipinski definition) is 3. The van der Waals surface area contributed by atoms with Crippen LogP contribution in [0.5, 0.6) is 0 Å². The number of amides is 1. The van der Waals surface area contributed by atoms with E-state index in [1.54, 1.807) is 0 Å². The summed E-state index contributed by atoms with van der Waals surface area (Å²) < 4.78 is 0. The van der Waals surface area contributed by atoms with Crippen molar-refractivity contribution < 1.29 is 77.4 Å². The molecule has 0 heterocycles. The second-order valence-electron chi connectivity index (χ2n) is 2.52. The number of hydrogen-bond donors (Lipinski definition) is 3. The fourth-order valence-electron chi connectivity index (χ4n) is 0.771. The fourth-order valence-corrected chi connectivity index (χ4v) is 0.771. The summed E-state index contributed by atoms with van der Waals surface area (Å²) in [5, 5.41) is 18.9. The summed E-state index contributed by atoms with van der Waals surface area (Å²) in [7, 11) is 0. The van der Waals surface area contributed by atoms with E-state index < -0.39 is 23.9 Å². The maximum atomic E-state index is 10.5. The van der Waals surface area contributed by atoms with Crippen LogP contribution in [-0.2, 0) is 14.4 Å². The molecule has 76 valence electrons. The number of carboxylic acids is 2. The summed E-state index contributed by atoms with van der Waals surface area (Å²) in [6, 6.07) is -1.12. The molecule has 3 N–H and O–H groups in total. The van der Waals surface area contributed by atoms with E-state index in [1.165, 1.54) is 6.92 Å². The van der Waals surface area contributed by atoms with E-state index in [0.29, 0.717) is 0 Å². The first-order valence-corrected chi connectivity index (χ1v) is 3.65. The summed E-state index contributed by atoms with van der Waals surface area (Å²) in [4.78, 5) is 31.0. The maximum absolute atomic E-state index is 10.5. The van der Waals surface area contributed by atoms with E-state index >= 15 is 0 Å². The molecule has 0 unspecified atom stereocenters. The molecule has 0 aliphatic heterocycles. The van der Waals surface area contributed by atoms with Crippen LogP contribution in [0.25, 0.3) is 0 Å². The fraction of sp³-hybridized carbons (Fsp3) is 0.571. The summed E-state index contributed by atoms with van der Waals surface area (Å²) in [5.41, 5.74) is 0. The predicted molar refractivity (Wildman–Crippen MR) is 43.2 cm³/mol. The van der Waals surface area contributed by atoms with Gasteiger partial charge in [0.15, 0.2) is 0 Å². The summed E-state index contributed by atoms with van der Waals surface area (Å²) in [5.74, 6) is -2.80. The third-order valence-corrected chi connectivity index (χ3v) is 1.32. The van der Waals surface area contributed by atoms with Crippen molar-refractivity contribution in [3.05, 3.63) is 0 Å². The molecule has 0 aromatic rings. The van der Waals surface area contributed by atoms with Gasteiger partial charge in [0, 0.05) is 13.3 Å². The molecule has 14 heavy (non-hydrogen) atoms. The van der Waals surface area contributed by atoms with Crippen LogP contribution in [0.1, 0.15) is 21.2 Å². The molecule has 7 heteroatoms. The van der Waals surface area contributed by atoms with Crippen molar-refractivity contribution in [1.29, 1.82) is 0 Å². The Morgan fingerprint density at radius 3 is 2.14 bits per heavy atom. The molecule has 0 aromatic heterocycles. The van der Waals surface area contributed by atoms with Crippen LogP contribution < -0.4 is 56.7 Å². The molecular weight excluding hydrogens is 217 g/mol. The molecule has 1 atom stereocenters. The van der Waals surface area contributed by atoms with Crippen molar-refractivity contribution in [3.8, 4) is 0 Å². The standard InChI is InChI=1S/C7H11NO5.K.H/c1-4(9)8-5(7(12)13)2-3-6(10)11;;/h5H,2-3H2,1H3,(H,8,9)(H,10,11)(H,12,13);;/q;+1;-1/t5-;;/m1../s1. The quantitative estimate of drug-likeness (QED) is 0.425. The zero-order valence-electron chi connectivity index (χ0n) is 9.11. The van der Waals surface area contributed by atoms with Crippen LogP contribution in [0.3, 0.4) is 0 Å². The zero-order chi connectivity index (χ0) is 10.4. The van der Waals surface area contributed by atoms with Gasteiger partial charge in [-0.05, 0) is 6.42 Å². The van der Waals surface area contributed by atoms with Gasteiger partial charge in [0.05, 0.1) is 0 Å². The molecule has 0 spiro atoms. The minimum Gasteiger partial charge on any atom is -1.00 e. The van der Waals surface area contributed by atoms with Gasteiger partial charge in [0.1, 0.15) is 6.04 Å². The average Bonchev–Trinajstić information content (AvgIpc) is 1.96. The van der Waals surface area contributed by atoms with E-state index in [2.05, 4.69) is 5.32 Å². The first-order chi connectivity index (χ1) is 5.93. The number of nitrogens with one attached hydrogen (secondary N) is 1. The molecule has 1 amide bonds. The molecule has 0 bridgehead atoms. The Balaban J connectivity index is -0.000000720. The van der Waals surface area contributed by atoms with Crippen LogP contribution in [0.2, 0.25) is 0 Å². The van der Waals surface area contributed by atoms with Crippen molar-refractivity contribution in [1.82, 2.24) is 5.32 Å². The van der Waals surface area contributed by atoms with Gasteiger partial charge >= 0.3 is 63.3 Å². The number of carboxylic acid groups (broad SMARTS) is 2. The van der Waals surface area contributed by atoms with Gasteiger partial charge in [-0.15, -0.1) is 0 Å². The predicted octanol–water partition coefficient (Wildman–Crippen LogP) is -3.44. The third kappa shape index (κ3) is 8.64. The first-order valence-electron chi connectivity index (χ1n) is 3.65. The van der Waals surface area contributed by atoms with Gasteiger partial charge < -0.3 is 17.0 Å². The van der Waals surface area contributed by atoms with Crippen molar-refractivity contribution >= 4 is 17.8 Å². The van der Waals surface area contributed by atoms with Crippen LogP contribution in [0.4, 0.5) is 0 Å². The van der Waals surface area contributed by atoms with E-state index in [9.17, 15) is 14.4 Å². The van der Waals surface area contributed by atoms with Crippen molar-refractivity contribution in [2.24, 2.45) is 0 Å². The minimum atomic E-state index is -1.23. The first kappa shape index (κ1) is 16.5. The number of aliphatic carboxylic acids is 2. The normalized spacial score (nSPS) is 10.9. The summed E-state index contributed by atoms with van der Waals surface area (Å²) >= 11 is 0. The second kappa shape index (κ2) is 8.36. The minimum absolute atomic E-state index is 0. The SMILES string of the molecule is CC(=O)N[C@H](CCC(=O)O)C(=O)O.[H-].[K+]. The Kier molecular flexibility index (Phi) is 9.84. The van der Waals surface area contributed by atoms with E-state index in [4.69, 9.17) is 10.2 Å². The molecule has 0 saturated carbocycles. The van der Waals surface area contributed by atoms with Gasteiger partial charge in [-0.25, -0.2) is 4.79 Å². The van der Waals surface area contributed by atoms with Gasteiger partial charge in [-0.3, -0.25) is 9.59 Å². The molecule has 0 radical (unpaired) electrons. The summed E-state index contributed by atoms with van der Waals surface area (Å²) in [6.07, 6.45) is -0.387. The maximum Gasteiger partial charge on any atom is 1.00 e. The molecule has 0 aromatic carbocycles. The van der Waals surface area contributed by atoms with E-state index in [-0.39, 0.29) is 65.7 Å². The smallest absolute Gasteiger partial charge is 1.00 e. The number of carbonyl (C=O) groups is 3. The Labute approximate surface area is 125 Å². The molecule has 0 saturated heterocycles. The van der Waals surface area contributed by atoms with Gasteiger partial charge in [-0.1, -0.05) is 0 Å². The van der Waals surface area contributed by atoms with Gasteiger partial charge in [0.25, 0.3) is 0 Å². The Hall–Kier alpha value is 0.0464. The summed E-state index contributed by atoms with van der Waals surface area (Å²) in [6.45, 7) is 1.18. The van der Waals surface area contributed by atoms with E-state index in [0.717, 1.165) is 0 Å². The largest absolute Gasteiger partial charge is 1.00 e. The Morgan fingerprint density at radius 2 is 1.86 bits per heavy atom. The molecular formula is C7H12KNO5. The van der Waals surface area contributed by atoms with E-state index in [1.807, 2.05) is 0 Å². The average molecular weight is 229 g/mol. The monoisotopic (exact) mass is 229 g/mol. The second-order valence-corrected chi connectivity index (χ2v) is 2.52. The van der Waals surface area contributed by atoms with Gasteiger partial charge in [0.2, 0.25) is 5.91 Å². The zero-order valence-corrected chi connectivity index (χ0v) is 11.2. The Morgan fingerprint density at radius 1 is 1.36 bits per heavy atom. The van der Waals surface area contributed by atoms with Crippen LogP contribution in [0.15, 0.2) is 0 Å². The molecule has 0 fully saturated rings. The third-order valence-electron chi connectivity index (χ3n) is 1.32. The molecule has 0 aliphatic rings. The molecule has 0 aliphatic carbocycles. The van der Waals surface area contributed by atoms with Gasteiger partial charge in [-0.2, -0.15) is 0 Å². The number of carbonyl (C=O) groups excluding carboxylic acids is 1. The molecule has 6 nitrogen and oxygen atoms in total. The number of rotatable bonds is 5. The topological polar surface area (TPSA) is 104 Å². The van der Waals surface area contributed by atoms with Crippen LogP contribution in [0, 0.1) is 0 Å².